The maximum Gasteiger partial charge on any atom is 0.329 e. The lowest BCUT2D eigenvalue weighted by atomic mass is 10.3. The number of nitrogens with zero attached hydrogens (tertiary/aromatic N) is 1. The van der Waals surface area contributed by atoms with Crippen molar-refractivity contribution in [3.05, 3.63) is 0 Å². The molecule has 0 bridgehead atoms. The van der Waals surface area contributed by atoms with Crippen molar-refractivity contribution in [3.8, 4) is 0 Å². The van der Waals surface area contributed by atoms with Crippen LogP contribution in [0, 0.1) is 0 Å². The third-order valence-corrected chi connectivity index (χ3v) is 4.00. The largest absolute Gasteiger partial charge is 0.480 e. The molecule has 0 aromatic heterocycles. The van der Waals surface area contributed by atoms with Crippen molar-refractivity contribution in [2.45, 2.75) is 18.6 Å². The van der Waals surface area contributed by atoms with E-state index >= 15 is 0 Å². The molecule has 7 heteroatoms. The van der Waals surface area contributed by atoms with E-state index in [2.05, 4.69) is 12.2 Å². The molecule has 0 spiro atoms. The molecule has 1 unspecified atom stereocenters. The van der Waals surface area contributed by atoms with E-state index in [1.54, 1.807) is 0 Å². The first-order valence-electron chi connectivity index (χ1n) is 6.07. The Labute approximate surface area is 111 Å². The first kappa shape index (κ1) is 15.1. The second-order valence-electron chi connectivity index (χ2n) is 4.03. The van der Waals surface area contributed by atoms with Crippen LogP contribution < -0.4 is 5.32 Å². The number of carbonyl (C=O) groups excluding carboxylic acids is 1. The second-order valence-corrected chi connectivity index (χ2v) is 5.43. The normalized spacial score (nSPS) is 19.6. The van der Waals surface area contributed by atoms with E-state index in [1.807, 2.05) is 16.7 Å². The summed E-state index contributed by atoms with van der Waals surface area (Å²) in [6.45, 7) is 3.91. The zero-order valence-electron chi connectivity index (χ0n) is 10.6. The molecule has 0 saturated carbocycles. The molecule has 2 N–H and O–H groups in total. The number of nitrogens with one attached hydrogen (secondary N) is 1. The minimum atomic E-state index is -1.000. The molecule has 104 valence electrons. The SMILES string of the molecule is CCC1CN(C(=O)NCCOCC(=O)O)CCS1. The average Bonchev–Trinajstić information content (AvgIpc) is 2.37. The Morgan fingerprint density at radius 1 is 1.56 bits per heavy atom. The Bertz CT molecular complexity index is 288. The summed E-state index contributed by atoms with van der Waals surface area (Å²) in [7, 11) is 0. The predicted octanol–water partition coefficient (Wildman–Crippen LogP) is 0.625. The van der Waals surface area contributed by atoms with Gasteiger partial charge in [-0.1, -0.05) is 6.92 Å². The van der Waals surface area contributed by atoms with Crippen LogP contribution in [0.15, 0.2) is 0 Å². The Hall–Kier alpha value is -0.950. The standard InChI is InChI=1S/C11H20N2O4S/c1-2-9-7-13(4-6-18-9)11(16)12-3-5-17-8-10(14)15/h9H,2-8H2,1H3,(H,12,16)(H,14,15). The van der Waals surface area contributed by atoms with Crippen LogP contribution in [0.5, 0.6) is 0 Å². The molecular weight excluding hydrogens is 256 g/mol. The molecule has 1 atom stereocenters. The first-order chi connectivity index (χ1) is 8.63. The van der Waals surface area contributed by atoms with E-state index in [0.29, 0.717) is 11.8 Å². The molecule has 1 aliphatic heterocycles. The van der Waals surface area contributed by atoms with Crippen molar-refractivity contribution in [1.82, 2.24) is 10.2 Å². The zero-order valence-corrected chi connectivity index (χ0v) is 11.4. The van der Waals surface area contributed by atoms with Gasteiger partial charge in [0, 0.05) is 30.6 Å². The number of urea groups is 1. The number of hydrogen-bond donors (Lipinski definition) is 2. The van der Waals surface area contributed by atoms with Crippen molar-refractivity contribution in [2.75, 3.05) is 38.6 Å². The molecule has 0 aliphatic carbocycles. The van der Waals surface area contributed by atoms with Crippen LogP contribution >= 0.6 is 11.8 Å². The minimum Gasteiger partial charge on any atom is -0.480 e. The minimum absolute atomic E-state index is 0.0901. The van der Waals surface area contributed by atoms with Crippen LogP contribution in [0.4, 0.5) is 4.79 Å². The number of carboxylic acid groups (broad SMARTS) is 1. The highest BCUT2D eigenvalue weighted by Gasteiger charge is 2.22. The summed E-state index contributed by atoms with van der Waals surface area (Å²) in [5.41, 5.74) is 0. The fraction of sp³-hybridized carbons (Fsp3) is 0.818. The summed E-state index contributed by atoms with van der Waals surface area (Å²) >= 11 is 1.91. The molecule has 0 radical (unpaired) electrons. The first-order valence-corrected chi connectivity index (χ1v) is 7.12. The smallest absolute Gasteiger partial charge is 0.329 e. The summed E-state index contributed by atoms with van der Waals surface area (Å²) in [6, 6.07) is -0.0901. The summed E-state index contributed by atoms with van der Waals surface area (Å²) in [5, 5.41) is 11.6. The number of thioether (sulfide) groups is 1. The van der Waals surface area contributed by atoms with Gasteiger partial charge in [0.25, 0.3) is 0 Å². The van der Waals surface area contributed by atoms with Gasteiger partial charge >= 0.3 is 12.0 Å². The molecule has 1 heterocycles. The number of amides is 2. The van der Waals surface area contributed by atoms with Crippen molar-refractivity contribution in [2.24, 2.45) is 0 Å². The third-order valence-electron chi connectivity index (χ3n) is 2.63. The van der Waals surface area contributed by atoms with Crippen LogP contribution in [0.3, 0.4) is 0 Å². The molecule has 18 heavy (non-hydrogen) atoms. The summed E-state index contributed by atoms with van der Waals surface area (Å²) in [6.07, 6.45) is 1.07. The third kappa shape index (κ3) is 5.59. The molecule has 2 amide bonds. The van der Waals surface area contributed by atoms with Gasteiger partial charge in [0.15, 0.2) is 0 Å². The van der Waals surface area contributed by atoms with Gasteiger partial charge in [-0.3, -0.25) is 0 Å². The zero-order chi connectivity index (χ0) is 13.4. The van der Waals surface area contributed by atoms with Crippen LogP contribution in [-0.2, 0) is 9.53 Å². The molecule has 0 aromatic carbocycles. The number of ether oxygens (including phenoxy) is 1. The van der Waals surface area contributed by atoms with Gasteiger partial charge in [0.2, 0.25) is 0 Å². The molecule has 1 rings (SSSR count). The van der Waals surface area contributed by atoms with E-state index < -0.39 is 5.97 Å². The van der Waals surface area contributed by atoms with E-state index in [4.69, 9.17) is 9.84 Å². The Morgan fingerprint density at radius 2 is 2.33 bits per heavy atom. The average molecular weight is 276 g/mol. The van der Waals surface area contributed by atoms with Gasteiger partial charge in [0.05, 0.1) is 6.61 Å². The highest BCUT2D eigenvalue weighted by atomic mass is 32.2. The van der Waals surface area contributed by atoms with Crippen molar-refractivity contribution in [3.63, 3.8) is 0 Å². The monoisotopic (exact) mass is 276 g/mol. The van der Waals surface area contributed by atoms with Crippen LogP contribution in [0.1, 0.15) is 13.3 Å². The molecule has 1 saturated heterocycles. The topological polar surface area (TPSA) is 78.9 Å². The lowest BCUT2D eigenvalue weighted by Gasteiger charge is -2.31. The summed E-state index contributed by atoms with van der Waals surface area (Å²) < 4.78 is 4.84. The molecule has 0 aromatic rings. The maximum atomic E-state index is 11.8. The van der Waals surface area contributed by atoms with Crippen LogP contribution in [0.25, 0.3) is 0 Å². The summed E-state index contributed by atoms with van der Waals surface area (Å²) in [4.78, 5) is 23.8. The fourth-order valence-corrected chi connectivity index (χ4v) is 2.83. The fourth-order valence-electron chi connectivity index (χ4n) is 1.65. The van der Waals surface area contributed by atoms with Gasteiger partial charge in [-0.25, -0.2) is 9.59 Å². The highest BCUT2D eigenvalue weighted by Crippen LogP contribution is 2.20. The van der Waals surface area contributed by atoms with Crippen LogP contribution in [0.2, 0.25) is 0 Å². The van der Waals surface area contributed by atoms with Crippen molar-refractivity contribution < 1.29 is 19.4 Å². The Kier molecular flexibility index (Phi) is 6.89. The van der Waals surface area contributed by atoms with E-state index in [0.717, 1.165) is 25.3 Å². The number of hydrogen-bond acceptors (Lipinski definition) is 4. The number of carbonyl (C=O) groups is 2. The molecule has 1 aliphatic rings. The second kappa shape index (κ2) is 8.20. The highest BCUT2D eigenvalue weighted by molar-refractivity contribution is 8.00. The van der Waals surface area contributed by atoms with Crippen LogP contribution in [-0.4, -0.2) is 65.9 Å². The molecule has 1 fully saturated rings. The van der Waals surface area contributed by atoms with Crippen molar-refractivity contribution in [1.29, 1.82) is 0 Å². The quantitative estimate of drug-likeness (QED) is 0.695. The Morgan fingerprint density at radius 3 is 3.00 bits per heavy atom. The number of aliphatic carboxylic acids is 1. The lowest BCUT2D eigenvalue weighted by Crippen LogP contribution is -2.47. The number of carboxylic acids is 1. The maximum absolute atomic E-state index is 11.8. The van der Waals surface area contributed by atoms with Crippen molar-refractivity contribution >= 4 is 23.8 Å². The predicted molar refractivity (Wildman–Crippen MR) is 70.0 cm³/mol. The van der Waals surface area contributed by atoms with Gasteiger partial charge < -0.3 is 20.1 Å². The molecule has 6 nitrogen and oxygen atoms in total. The van der Waals surface area contributed by atoms with Gasteiger partial charge in [-0.2, -0.15) is 11.8 Å². The lowest BCUT2D eigenvalue weighted by molar-refractivity contribution is -0.142. The Balaban J connectivity index is 2.14. The van der Waals surface area contributed by atoms with Gasteiger partial charge in [0.1, 0.15) is 6.61 Å². The van der Waals surface area contributed by atoms with Gasteiger partial charge in [-0.05, 0) is 6.42 Å². The van der Waals surface area contributed by atoms with E-state index in [1.165, 1.54) is 0 Å². The van der Waals surface area contributed by atoms with E-state index in [-0.39, 0.29) is 19.2 Å². The summed E-state index contributed by atoms with van der Waals surface area (Å²) in [5.74, 6) is -0.0262. The molecular formula is C11H20N2O4S. The number of rotatable bonds is 6. The van der Waals surface area contributed by atoms with E-state index in [9.17, 15) is 9.59 Å². The van der Waals surface area contributed by atoms with Gasteiger partial charge in [-0.15, -0.1) is 0 Å².